The molecular formula is C27H27F2N3O2S. The first-order valence-corrected chi connectivity index (χ1v) is 13.1. The number of fused-ring (bicyclic) bond motifs is 4. The van der Waals surface area contributed by atoms with Gasteiger partial charge in [-0.1, -0.05) is 11.3 Å². The van der Waals surface area contributed by atoms with E-state index < -0.39 is 6.17 Å². The number of carbonyl (C=O) groups is 1. The lowest BCUT2D eigenvalue weighted by Gasteiger charge is -2.28. The Morgan fingerprint density at radius 1 is 1.11 bits per heavy atom. The Bertz CT molecular complexity index is 1400. The average Bonchev–Trinajstić information content (AvgIpc) is 3.56. The number of nitrogens with zero attached hydrogens (tertiary/aromatic N) is 3. The van der Waals surface area contributed by atoms with Crippen LogP contribution in [0.25, 0.3) is 26.4 Å². The standard InChI is InChI=1S/C27H27F2N3O2S/c28-20-6-9-31(10-7-20)8-2-1-3-25(33)17-4-5-24-26(13-17)35-27-30-23(14-32(24)27)21-11-18-15-34-16-19(18)12-22(21)29/h4-5,11-14,20H,1-3,6-10,15-16H2. The number of halogens is 2. The Hall–Kier alpha value is -2.68. The van der Waals surface area contributed by atoms with E-state index in [0.717, 1.165) is 58.8 Å². The number of unbranched alkanes of at least 4 members (excludes halogenated alkanes) is 1. The van der Waals surface area contributed by atoms with E-state index in [-0.39, 0.29) is 11.6 Å². The molecule has 2 aliphatic heterocycles. The fraction of sp³-hybridized carbons (Fsp3) is 0.407. The molecule has 2 aromatic heterocycles. The van der Waals surface area contributed by atoms with Gasteiger partial charge in [0.2, 0.25) is 0 Å². The number of aromatic nitrogens is 2. The third-order valence-corrected chi connectivity index (χ3v) is 8.16. The minimum absolute atomic E-state index is 0.142. The van der Waals surface area contributed by atoms with Crippen molar-refractivity contribution in [2.75, 3.05) is 19.6 Å². The number of hydrogen-bond donors (Lipinski definition) is 0. The van der Waals surface area contributed by atoms with Crippen LogP contribution in [0.4, 0.5) is 8.78 Å². The number of ether oxygens (including phenoxy) is 1. The van der Waals surface area contributed by atoms with Gasteiger partial charge in [0.25, 0.3) is 0 Å². The number of alkyl halides is 1. The Morgan fingerprint density at radius 2 is 1.91 bits per heavy atom. The summed E-state index contributed by atoms with van der Waals surface area (Å²) in [6, 6.07) is 9.15. The third kappa shape index (κ3) is 4.50. The zero-order valence-corrected chi connectivity index (χ0v) is 20.3. The number of hydrogen-bond acceptors (Lipinski definition) is 5. The molecule has 8 heteroatoms. The summed E-state index contributed by atoms with van der Waals surface area (Å²) in [5, 5.41) is 0. The molecule has 4 heterocycles. The van der Waals surface area contributed by atoms with Gasteiger partial charge in [0.15, 0.2) is 10.7 Å². The van der Waals surface area contributed by atoms with Crippen LogP contribution in [-0.2, 0) is 18.0 Å². The number of Topliss-reactive ketones (excluding diaryl/α,β-unsaturated/α-hetero) is 1. The van der Waals surface area contributed by atoms with E-state index >= 15 is 0 Å². The lowest BCUT2D eigenvalue weighted by atomic mass is 10.0. The van der Waals surface area contributed by atoms with Gasteiger partial charge >= 0.3 is 0 Å². The normalized spacial score (nSPS) is 17.0. The highest BCUT2D eigenvalue weighted by atomic mass is 32.1. The molecule has 0 amide bonds. The van der Waals surface area contributed by atoms with Crippen LogP contribution >= 0.6 is 11.3 Å². The van der Waals surface area contributed by atoms with Crippen molar-refractivity contribution >= 4 is 32.3 Å². The van der Waals surface area contributed by atoms with Gasteiger partial charge in [-0.3, -0.25) is 9.20 Å². The number of likely N-dealkylation sites (tertiary alicyclic amines) is 1. The molecule has 0 spiro atoms. The van der Waals surface area contributed by atoms with Crippen LogP contribution in [-0.4, -0.2) is 45.9 Å². The second-order valence-corrected chi connectivity index (χ2v) is 10.6. The van der Waals surface area contributed by atoms with Crippen molar-refractivity contribution in [2.45, 2.75) is 51.5 Å². The lowest BCUT2D eigenvalue weighted by Crippen LogP contribution is -2.35. The number of rotatable bonds is 7. The maximum absolute atomic E-state index is 14.7. The van der Waals surface area contributed by atoms with Gasteiger partial charge in [0.1, 0.15) is 12.0 Å². The van der Waals surface area contributed by atoms with E-state index in [0.29, 0.717) is 49.3 Å². The van der Waals surface area contributed by atoms with Crippen molar-refractivity contribution in [3.63, 3.8) is 0 Å². The zero-order valence-electron chi connectivity index (χ0n) is 19.4. The van der Waals surface area contributed by atoms with Crippen molar-refractivity contribution in [1.29, 1.82) is 0 Å². The molecule has 6 rings (SSSR count). The first-order valence-electron chi connectivity index (χ1n) is 12.3. The van der Waals surface area contributed by atoms with Crippen LogP contribution < -0.4 is 0 Å². The Morgan fingerprint density at radius 3 is 2.74 bits per heavy atom. The van der Waals surface area contributed by atoms with Gasteiger partial charge in [-0.05, 0) is 73.7 Å². The molecule has 5 nitrogen and oxygen atoms in total. The second kappa shape index (κ2) is 9.41. The summed E-state index contributed by atoms with van der Waals surface area (Å²) in [4.78, 5) is 20.5. The number of thiazole rings is 1. The molecule has 0 N–H and O–H groups in total. The second-order valence-electron chi connectivity index (χ2n) is 9.55. The Kier molecular flexibility index (Phi) is 6.12. The van der Waals surface area contributed by atoms with Gasteiger partial charge in [-0.15, -0.1) is 0 Å². The fourth-order valence-electron chi connectivity index (χ4n) is 5.09. The van der Waals surface area contributed by atoms with Crippen LogP contribution in [0.1, 0.15) is 53.6 Å². The van der Waals surface area contributed by atoms with Crippen LogP contribution in [0.2, 0.25) is 0 Å². The Balaban J connectivity index is 1.14. The van der Waals surface area contributed by atoms with E-state index in [9.17, 15) is 13.6 Å². The topological polar surface area (TPSA) is 46.8 Å². The maximum atomic E-state index is 14.7. The number of imidazole rings is 1. The maximum Gasteiger partial charge on any atom is 0.195 e. The molecule has 0 radical (unpaired) electrons. The first kappa shape index (κ1) is 22.8. The van der Waals surface area contributed by atoms with Crippen molar-refractivity contribution in [3.8, 4) is 11.3 Å². The predicted molar refractivity (Wildman–Crippen MR) is 133 cm³/mol. The fourth-order valence-corrected chi connectivity index (χ4v) is 6.14. The van der Waals surface area contributed by atoms with Crippen LogP contribution in [0.3, 0.4) is 0 Å². The zero-order chi connectivity index (χ0) is 23.9. The molecule has 2 aromatic carbocycles. The SMILES string of the molecule is O=C(CCCCN1CCC(F)CC1)c1ccc2c(c1)sc1nc(-c3cc4c(cc3F)COC4)cn12. The largest absolute Gasteiger partial charge is 0.372 e. The molecule has 35 heavy (non-hydrogen) atoms. The van der Waals surface area contributed by atoms with Crippen molar-refractivity contribution < 1.29 is 18.3 Å². The van der Waals surface area contributed by atoms with E-state index in [1.807, 2.05) is 34.9 Å². The summed E-state index contributed by atoms with van der Waals surface area (Å²) in [7, 11) is 0. The van der Waals surface area contributed by atoms with E-state index in [1.54, 1.807) is 6.07 Å². The van der Waals surface area contributed by atoms with Gasteiger partial charge in [-0.2, -0.15) is 0 Å². The smallest absolute Gasteiger partial charge is 0.195 e. The summed E-state index contributed by atoms with van der Waals surface area (Å²) in [6.45, 7) is 3.53. The van der Waals surface area contributed by atoms with E-state index in [1.165, 1.54) is 11.3 Å². The molecule has 1 fully saturated rings. The van der Waals surface area contributed by atoms with Crippen molar-refractivity contribution in [1.82, 2.24) is 14.3 Å². The van der Waals surface area contributed by atoms with Crippen LogP contribution in [0.5, 0.6) is 0 Å². The minimum Gasteiger partial charge on any atom is -0.372 e. The summed E-state index contributed by atoms with van der Waals surface area (Å²) >= 11 is 1.50. The molecule has 1 saturated heterocycles. The van der Waals surface area contributed by atoms with Gasteiger partial charge in [0, 0.05) is 36.8 Å². The summed E-state index contributed by atoms with van der Waals surface area (Å²) in [5.74, 6) is -0.146. The molecule has 0 atom stereocenters. The van der Waals surface area contributed by atoms with Gasteiger partial charge < -0.3 is 9.64 Å². The molecule has 182 valence electrons. The quantitative estimate of drug-likeness (QED) is 0.227. The molecule has 0 unspecified atom stereocenters. The molecule has 0 aliphatic carbocycles. The number of piperidine rings is 1. The highest BCUT2D eigenvalue weighted by Gasteiger charge is 2.20. The van der Waals surface area contributed by atoms with Gasteiger partial charge in [-0.25, -0.2) is 13.8 Å². The van der Waals surface area contributed by atoms with E-state index in [4.69, 9.17) is 4.74 Å². The highest BCUT2D eigenvalue weighted by Crippen LogP contribution is 2.33. The first-order chi connectivity index (χ1) is 17.0. The molecular weight excluding hydrogens is 468 g/mol. The molecule has 0 bridgehead atoms. The molecule has 2 aliphatic rings. The van der Waals surface area contributed by atoms with Gasteiger partial charge in [0.05, 0.1) is 29.1 Å². The molecule has 0 saturated carbocycles. The monoisotopic (exact) mass is 495 g/mol. The number of ketones is 1. The molecule has 4 aromatic rings. The minimum atomic E-state index is -0.648. The highest BCUT2D eigenvalue weighted by molar-refractivity contribution is 7.23. The van der Waals surface area contributed by atoms with Crippen molar-refractivity contribution in [2.24, 2.45) is 0 Å². The summed E-state index contributed by atoms with van der Waals surface area (Å²) in [6.07, 6.45) is 4.77. The Labute approximate surface area is 206 Å². The van der Waals surface area contributed by atoms with Crippen LogP contribution in [0, 0.1) is 5.82 Å². The van der Waals surface area contributed by atoms with E-state index in [2.05, 4.69) is 9.88 Å². The summed E-state index contributed by atoms with van der Waals surface area (Å²) in [5.41, 5.74) is 4.67. The average molecular weight is 496 g/mol. The third-order valence-electron chi connectivity index (χ3n) is 7.14. The number of carbonyl (C=O) groups excluding carboxylic acids is 1. The number of benzene rings is 2. The van der Waals surface area contributed by atoms with Crippen LogP contribution in [0.15, 0.2) is 36.5 Å². The lowest BCUT2D eigenvalue weighted by molar-refractivity contribution is 0.0976. The summed E-state index contributed by atoms with van der Waals surface area (Å²) < 4.78 is 36.3. The predicted octanol–water partition coefficient (Wildman–Crippen LogP) is 6.17. The van der Waals surface area contributed by atoms with Crippen molar-refractivity contribution in [3.05, 3.63) is 59.0 Å².